The fraction of sp³-hybridized carbons (Fsp3) is 0.200. The summed E-state index contributed by atoms with van der Waals surface area (Å²) in [6.07, 6.45) is -0.0489. The Kier molecular flexibility index (Phi) is 4.52. The van der Waals surface area contributed by atoms with E-state index in [1.165, 1.54) is 4.68 Å². The summed E-state index contributed by atoms with van der Waals surface area (Å²) in [5, 5.41) is 9.90. The maximum absolute atomic E-state index is 12.4. The topological polar surface area (TPSA) is 98.1 Å². The first-order valence-corrected chi connectivity index (χ1v) is 8.82. The first kappa shape index (κ1) is 17.7. The van der Waals surface area contributed by atoms with E-state index in [0.29, 0.717) is 23.2 Å². The van der Waals surface area contributed by atoms with Gasteiger partial charge in [0.1, 0.15) is 11.8 Å². The van der Waals surface area contributed by atoms with Gasteiger partial charge in [-0.15, -0.1) is 5.10 Å². The van der Waals surface area contributed by atoms with E-state index >= 15 is 0 Å². The molecule has 142 valence electrons. The zero-order valence-electron chi connectivity index (χ0n) is 15.5. The Morgan fingerprint density at radius 1 is 1.25 bits per heavy atom. The van der Waals surface area contributed by atoms with E-state index in [1.54, 1.807) is 31.4 Å². The minimum Gasteiger partial charge on any atom is -0.497 e. The van der Waals surface area contributed by atoms with Crippen LogP contribution in [0.5, 0.6) is 5.75 Å². The highest BCUT2D eigenvalue weighted by atomic mass is 16.5. The zero-order chi connectivity index (χ0) is 19.7. The predicted molar refractivity (Wildman–Crippen MR) is 104 cm³/mol. The molecule has 0 bridgehead atoms. The zero-order valence-corrected chi connectivity index (χ0v) is 15.5. The molecule has 1 aliphatic heterocycles. The number of fused-ring (bicyclic) bond motifs is 1. The van der Waals surface area contributed by atoms with Crippen LogP contribution in [0.15, 0.2) is 48.5 Å². The van der Waals surface area contributed by atoms with Crippen molar-refractivity contribution in [2.24, 2.45) is 0 Å². The average Bonchev–Trinajstić information content (AvgIpc) is 3.21. The van der Waals surface area contributed by atoms with Crippen LogP contribution < -0.4 is 15.4 Å². The summed E-state index contributed by atoms with van der Waals surface area (Å²) in [6, 6.07) is 14.1. The van der Waals surface area contributed by atoms with Crippen LogP contribution in [0.25, 0.3) is 11.4 Å². The van der Waals surface area contributed by atoms with E-state index in [2.05, 4.69) is 20.7 Å². The number of aromatic nitrogens is 3. The minimum absolute atomic E-state index is 0.0489. The van der Waals surface area contributed by atoms with Gasteiger partial charge in [-0.1, -0.05) is 35.9 Å². The van der Waals surface area contributed by atoms with Crippen LogP contribution >= 0.6 is 0 Å². The first-order chi connectivity index (χ1) is 13.5. The summed E-state index contributed by atoms with van der Waals surface area (Å²) in [5.41, 5.74) is 2.58. The number of amides is 2. The van der Waals surface area contributed by atoms with Gasteiger partial charge in [-0.2, -0.15) is 4.98 Å². The Hall–Kier alpha value is -3.68. The SMILES string of the molecule is COc1cccc(NC(=O)CC2C(=O)Nc3nc(-c4ccc(C)cc4)nn32)c1. The molecular formula is C20H19N5O3. The summed E-state index contributed by atoms with van der Waals surface area (Å²) >= 11 is 0. The molecule has 2 N–H and O–H groups in total. The number of nitrogens with zero attached hydrogens (tertiary/aromatic N) is 3. The molecule has 0 fully saturated rings. The van der Waals surface area contributed by atoms with Gasteiger partial charge < -0.3 is 10.1 Å². The third-order valence-corrected chi connectivity index (χ3v) is 4.51. The second kappa shape index (κ2) is 7.15. The number of methoxy groups -OCH3 is 1. The molecule has 0 saturated heterocycles. The van der Waals surface area contributed by atoms with Gasteiger partial charge in [-0.05, 0) is 19.1 Å². The number of carbonyl (C=O) groups is 2. The monoisotopic (exact) mass is 377 g/mol. The number of anilines is 2. The molecule has 2 aromatic carbocycles. The summed E-state index contributed by atoms with van der Waals surface area (Å²) in [5.74, 6) is 0.894. The molecule has 28 heavy (non-hydrogen) atoms. The second-order valence-corrected chi connectivity index (χ2v) is 6.56. The van der Waals surface area contributed by atoms with E-state index in [9.17, 15) is 9.59 Å². The molecule has 1 atom stereocenters. The lowest BCUT2D eigenvalue weighted by Crippen LogP contribution is -2.23. The third kappa shape index (κ3) is 3.44. The number of hydrogen-bond donors (Lipinski definition) is 2. The number of nitrogens with one attached hydrogen (secondary N) is 2. The van der Waals surface area contributed by atoms with Crippen LogP contribution in [0.3, 0.4) is 0 Å². The predicted octanol–water partition coefficient (Wildman–Crippen LogP) is 2.78. The third-order valence-electron chi connectivity index (χ3n) is 4.51. The van der Waals surface area contributed by atoms with Gasteiger partial charge in [-0.25, -0.2) is 4.68 Å². The fourth-order valence-electron chi connectivity index (χ4n) is 3.02. The molecule has 2 heterocycles. The van der Waals surface area contributed by atoms with E-state index in [-0.39, 0.29) is 18.2 Å². The molecular weight excluding hydrogens is 358 g/mol. The van der Waals surface area contributed by atoms with Gasteiger partial charge in [0.05, 0.1) is 13.5 Å². The molecule has 3 aromatic rings. The number of aryl methyl sites for hydroxylation is 1. The van der Waals surface area contributed by atoms with Crippen LogP contribution in [-0.2, 0) is 9.59 Å². The van der Waals surface area contributed by atoms with Crippen molar-refractivity contribution in [2.45, 2.75) is 19.4 Å². The number of benzene rings is 2. The molecule has 1 unspecified atom stereocenters. The highest BCUT2D eigenvalue weighted by Crippen LogP contribution is 2.28. The largest absolute Gasteiger partial charge is 0.497 e. The number of ether oxygens (including phenoxy) is 1. The Morgan fingerprint density at radius 2 is 2.04 bits per heavy atom. The van der Waals surface area contributed by atoms with E-state index in [4.69, 9.17) is 4.74 Å². The first-order valence-electron chi connectivity index (χ1n) is 8.82. The lowest BCUT2D eigenvalue weighted by molar-refractivity contribution is -0.123. The Balaban J connectivity index is 1.51. The quantitative estimate of drug-likeness (QED) is 0.712. The van der Waals surface area contributed by atoms with Crippen LogP contribution in [0, 0.1) is 6.92 Å². The van der Waals surface area contributed by atoms with Gasteiger partial charge >= 0.3 is 0 Å². The fourth-order valence-corrected chi connectivity index (χ4v) is 3.02. The molecule has 2 amide bonds. The molecule has 1 aliphatic rings. The summed E-state index contributed by atoms with van der Waals surface area (Å²) in [4.78, 5) is 29.1. The molecule has 8 heteroatoms. The van der Waals surface area contributed by atoms with Gasteiger partial charge in [0, 0.05) is 17.3 Å². The maximum atomic E-state index is 12.4. The van der Waals surface area contributed by atoms with Crippen molar-refractivity contribution in [2.75, 3.05) is 17.7 Å². The van der Waals surface area contributed by atoms with Crippen molar-refractivity contribution in [3.05, 3.63) is 54.1 Å². The smallest absolute Gasteiger partial charge is 0.252 e. The Labute approximate surface area is 161 Å². The van der Waals surface area contributed by atoms with Crippen molar-refractivity contribution in [1.82, 2.24) is 14.8 Å². The van der Waals surface area contributed by atoms with Crippen molar-refractivity contribution in [3.63, 3.8) is 0 Å². The molecule has 0 aliphatic carbocycles. The average molecular weight is 377 g/mol. The number of hydrogen-bond acceptors (Lipinski definition) is 5. The molecule has 0 saturated carbocycles. The normalized spacial score (nSPS) is 15.1. The van der Waals surface area contributed by atoms with Crippen molar-refractivity contribution >= 4 is 23.5 Å². The highest BCUT2D eigenvalue weighted by molar-refractivity contribution is 6.01. The van der Waals surface area contributed by atoms with E-state index in [0.717, 1.165) is 11.1 Å². The highest BCUT2D eigenvalue weighted by Gasteiger charge is 2.35. The summed E-state index contributed by atoms with van der Waals surface area (Å²) in [7, 11) is 1.56. The van der Waals surface area contributed by atoms with Crippen LogP contribution in [0.4, 0.5) is 11.6 Å². The maximum Gasteiger partial charge on any atom is 0.252 e. The van der Waals surface area contributed by atoms with Gasteiger partial charge in [0.25, 0.3) is 5.91 Å². The van der Waals surface area contributed by atoms with Crippen LogP contribution in [0.1, 0.15) is 18.0 Å². The van der Waals surface area contributed by atoms with Crippen molar-refractivity contribution in [3.8, 4) is 17.1 Å². The van der Waals surface area contributed by atoms with Crippen molar-refractivity contribution in [1.29, 1.82) is 0 Å². The molecule has 4 rings (SSSR count). The molecule has 1 aromatic heterocycles. The standard InChI is InChI=1S/C20H19N5O3/c1-12-6-8-13(9-7-12)18-22-20-23-19(27)16(25(20)24-18)11-17(26)21-14-4-3-5-15(10-14)28-2/h3-10,16H,11H2,1-2H3,(H,21,26)(H,22,23,24,27). The summed E-state index contributed by atoms with van der Waals surface area (Å²) in [6.45, 7) is 2.00. The Bertz CT molecular complexity index is 1040. The van der Waals surface area contributed by atoms with Crippen molar-refractivity contribution < 1.29 is 14.3 Å². The minimum atomic E-state index is -0.743. The van der Waals surface area contributed by atoms with Crippen LogP contribution in [-0.4, -0.2) is 33.7 Å². The van der Waals surface area contributed by atoms with E-state index in [1.807, 2.05) is 31.2 Å². The van der Waals surface area contributed by atoms with Gasteiger partial charge in [-0.3, -0.25) is 14.9 Å². The van der Waals surface area contributed by atoms with E-state index < -0.39 is 6.04 Å². The number of rotatable bonds is 5. The molecule has 8 nitrogen and oxygen atoms in total. The summed E-state index contributed by atoms with van der Waals surface area (Å²) < 4.78 is 6.62. The van der Waals surface area contributed by atoms with Gasteiger partial charge in [0.2, 0.25) is 11.9 Å². The van der Waals surface area contributed by atoms with Crippen LogP contribution in [0.2, 0.25) is 0 Å². The number of carbonyl (C=O) groups excluding carboxylic acids is 2. The molecule has 0 spiro atoms. The Morgan fingerprint density at radius 3 is 2.79 bits per heavy atom. The lowest BCUT2D eigenvalue weighted by Gasteiger charge is -2.10. The van der Waals surface area contributed by atoms with Gasteiger partial charge in [0.15, 0.2) is 5.82 Å². The second-order valence-electron chi connectivity index (χ2n) is 6.56. The molecule has 0 radical (unpaired) electrons. The lowest BCUT2D eigenvalue weighted by atomic mass is 10.1.